The lowest BCUT2D eigenvalue weighted by Crippen LogP contribution is -2.14. The lowest BCUT2D eigenvalue weighted by molar-refractivity contribution is -0.115. The number of aromatic amines is 1. The van der Waals surface area contributed by atoms with E-state index in [2.05, 4.69) is 38.7 Å². The SMILES string of the molecule is O=C(Cc1cccnc1)Nc1cc(-c2cc3ccccc3s2)c2[nH]ncc2c1. The Bertz CT molecular complexity index is 1260. The number of thiophene rings is 1. The Balaban J connectivity index is 1.51. The number of H-pyrrole nitrogens is 1. The van der Waals surface area contributed by atoms with Crippen LogP contribution in [0.1, 0.15) is 5.56 Å². The van der Waals surface area contributed by atoms with Crippen LogP contribution in [0.5, 0.6) is 0 Å². The summed E-state index contributed by atoms with van der Waals surface area (Å²) in [5.41, 5.74) is 3.65. The maximum Gasteiger partial charge on any atom is 0.228 e. The van der Waals surface area contributed by atoms with Crippen LogP contribution < -0.4 is 5.32 Å². The van der Waals surface area contributed by atoms with Crippen LogP contribution in [0, 0.1) is 0 Å². The molecule has 5 rings (SSSR count). The lowest BCUT2D eigenvalue weighted by Gasteiger charge is -2.08. The molecule has 0 atom stereocenters. The highest BCUT2D eigenvalue weighted by molar-refractivity contribution is 7.22. The van der Waals surface area contributed by atoms with Crippen LogP contribution in [-0.2, 0) is 11.2 Å². The van der Waals surface area contributed by atoms with E-state index >= 15 is 0 Å². The van der Waals surface area contributed by atoms with Gasteiger partial charge in [-0.3, -0.25) is 14.9 Å². The molecule has 0 fully saturated rings. The zero-order chi connectivity index (χ0) is 18.9. The van der Waals surface area contributed by atoms with Crippen LogP contribution in [0.3, 0.4) is 0 Å². The van der Waals surface area contributed by atoms with Crippen LogP contribution >= 0.6 is 11.3 Å². The van der Waals surface area contributed by atoms with E-state index in [1.54, 1.807) is 29.9 Å². The molecule has 0 saturated carbocycles. The van der Waals surface area contributed by atoms with Crippen LogP contribution in [0.2, 0.25) is 0 Å². The fourth-order valence-electron chi connectivity index (χ4n) is 3.33. The van der Waals surface area contributed by atoms with Crippen molar-refractivity contribution in [3.63, 3.8) is 0 Å². The van der Waals surface area contributed by atoms with Crippen LogP contribution in [-0.4, -0.2) is 21.1 Å². The van der Waals surface area contributed by atoms with Crippen molar-refractivity contribution in [1.82, 2.24) is 15.2 Å². The highest BCUT2D eigenvalue weighted by Crippen LogP contribution is 2.38. The number of carbonyl (C=O) groups excluding carboxylic acids is 1. The molecule has 5 nitrogen and oxygen atoms in total. The lowest BCUT2D eigenvalue weighted by atomic mass is 10.1. The number of nitrogens with one attached hydrogen (secondary N) is 2. The molecule has 0 radical (unpaired) electrons. The van der Waals surface area contributed by atoms with Crippen molar-refractivity contribution in [3.8, 4) is 10.4 Å². The molecule has 0 unspecified atom stereocenters. The predicted molar refractivity (Wildman–Crippen MR) is 113 cm³/mol. The summed E-state index contributed by atoms with van der Waals surface area (Å²) in [5, 5.41) is 12.5. The number of hydrogen-bond acceptors (Lipinski definition) is 4. The zero-order valence-electron chi connectivity index (χ0n) is 14.8. The maximum absolute atomic E-state index is 12.5. The number of aromatic nitrogens is 3. The summed E-state index contributed by atoms with van der Waals surface area (Å²) in [5.74, 6) is -0.0712. The standard InChI is InChI=1S/C22H16N4OS/c27-21(8-14-4-3-7-23-12-14)25-17-9-16-13-24-26-22(16)18(11-17)20-10-15-5-1-2-6-19(15)28-20/h1-7,9-13H,8H2,(H,24,26)(H,25,27). The Morgan fingerprint density at radius 3 is 2.82 bits per heavy atom. The molecule has 0 aliphatic rings. The number of hydrogen-bond donors (Lipinski definition) is 2. The molecule has 2 N–H and O–H groups in total. The largest absolute Gasteiger partial charge is 0.326 e. The van der Waals surface area contributed by atoms with E-state index in [0.29, 0.717) is 0 Å². The first-order chi connectivity index (χ1) is 13.8. The van der Waals surface area contributed by atoms with Gasteiger partial charge >= 0.3 is 0 Å². The van der Waals surface area contributed by atoms with Crippen molar-refractivity contribution in [2.24, 2.45) is 0 Å². The average molecular weight is 384 g/mol. The average Bonchev–Trinajstić information content (AvgIpc) is 3.34. The van der Waals surface area contributed by atoms with Crippen LogP contribution in [0.4, 0.5) is 5.69 Å². The van der Waals surface area contributed by atoms with Gasteiger partial charge in [-0.15, -0.1) is 11.3 Å². The quantitative estimate of drug-likeness (QED) is 0.457. The molecule has 0 aliphatic heterocycles. The minimum Gasteiger partial charge on any atom is -0.326 e. The second kappa shape index (κ2) is 6.90. The van der Waals surface area contributed by atoms with Crippen molar-refractivity contribution in [3.05, 3.63) is 78.8 Å². The van der Waals surface area contributed by atoms with Gasteiger partial charge in [0.05, 0.1) is 18.1 Å². The Hall–Kier alpha value is -3.51. The van der Waals surface area contributed by atoms with Crippen LogP contribution in [0.15, 0.2) is 73.2 Å². The monoisotopic (exact) mass is 384 g/mol. The summed E-state index contributed by atoms with van der Waals surface area (Å²) >= 11 is 1.73. The smallest absolute Gasteiger partial charge is 0.228 e. The minimum atomic E-state index is -0.0712. The molecule has 1 amide bonds. The summed E-state index contributed by atoms with van der Waals surface area (Å²) in [6.07, 6.45) is 5.48. The third-order valence-corrected chi connectivity index (χ3v) is 5.76. The second-order valence-electron chi connectivity index (χ2n) is 6.59. The van der Waals surface area contributed by atoms with Gasteiger partial charge in [0.2, 0.25) is 5.91 Å². The van der Waals surface area contributed by atoms with E-state index < -0.39 is 0 Å². The number of carbonyl (C=O) groups is 1. The third-order valence-electron chi connectivity index (χ3n) is 4.61. The third kappa shape index (κ3) is 3.14. The van der Waals surface area contributed by atoms with Gasteiger partial charge in [-0.25, -0.2) is 0 Å². The molecule has 0 spiro atoms. The number of rotatable bonds is 4. The number of pyridine rings is 1. The summed E-state index contributed by atoms with van der Waals surface area (Å²) < 4.78 is 1.23. The fraction of sp³-hybridized carbons (Fsp3) is 0.0455. The van der Waals surface area contributed by atoms with Crippen molar-refractivity contribution in [1.29, 1.82) is 0 Å². The van der Waals surface area contributed by atoms with E-state index in [0.717, 1.165) is 32.6 Å². The fourth-order valence-corrected chi connectivity index (χ4v) is 4.42. The summed E-state index contributed by atoms with van der Waals surface area (Å²) in [4.78, 5) is 17.7. The van der Waals surface area contributed by atoms with Gasteiger partial charge < -0.3 is 5.32 Å². The van der Waals surface area contributed by atoms with Gasteiger partial charge in [-0.05, 0) is 41.3 Å². The van der Waals surface area contributed by atoms with Crippen molar-refractivity contribution in [2.45, 2.75) is 6.42 Å². The first-order valence-electron chi connectivity index (χ1n) is 8.91. The molecule has 3 heterocycles. The maximum atomic E-state index is 12.5. The van der Waals surface area contributed by atoms with Gasteiger partial charge in [0, 0.05) is 38.6 Å². The van der Waals surface area contributed by atoms with E-state index in [9.17, 15) is 4.79 Å². The van der Waals surface area contributed by atoms with E-state index in [4.69, 9.17) is 0 Å². The normalized spacial score (nSPS) is 11.1. The number of benzene rings is 2. The zero-order valence-corrected chi connectivity index (χ0v) is 15.7. The predicted octanol–water partition coefficient (Wildman–Crippen LogP) is 5.02. The molecule has 6 heteroatoms. The summed E-state index contributed by atoms with van der Waals surface area (Å²) in [6, 6.07) is 18.2. The van der Waals surface area contributed by atoms with E-state index in [-0.39, 0.29) is 12.3 Å². The molecule has 2 aromatic carbocycles. The Morgan fingerprint density at radius 1 is 1.04 bits per heavy atom. The van der Waals surface area contributed by atoms with E-state index in [1.165, 1.54) is 10.1 Å². The van der Waals surface area contributed by atoms with E-state index in [1.807, 2.05) is 36.4 Å². The highest BCUT2D eigenvalue weighted by Gasteiger charge is 2.13. The van der Waals surface area contributed by atoms with Gasteiger partial charge in [0.1, 0.15) is 0 Å². The number of fused-ring (bicyclic) bond motifs is 2. The van der Waals surface area contributed by atoms with Crippen molar-refractivity contribution < 1.29 is 4.79 Å². The molecule has 136 valence electrons. The Morgan fingerprint density at radius 2 is 1.96 bits per heavy atom. The Kier molecular flexibility index (Phi) is 4.10. The van der Waals surface area contributed by atoms with Crippen molar-refractivity contribution >= 4 is 43.9 Å². The first kappa shape index (κ1) is 16.6. The molecule has 0 bridgehead atoms. The summed E-state index contributed by atoms with van der Waals surface area (Å²) in [6.45, 7) is 0. The topological polar surface area (TPSA) is 70.7 Å². The minimum absolute atomic E-state index is 0.0712. The van der Waals surface area contributed by atoms with Crippen LogP contribution in [0.25, 0.3) is 31.4 Å². The highest BCUT2D eigenvalue weighted by atomic mass is 32.1. The molecule has 5 aromatic rings. The molecule has 0 saturated heterocycles. The van der Waals surface area contributed by atoms with Gasteiger partial charge in [-0.1, -0.05) is 24.3 Å². The number of anilines is 1. The first-order valence-corrected chi connectivity index (χ1v) is 9.73. The second-order valence-corrected chi connectivity index (χ2v) is 7.68. The molecule has 0 aliphatic carbocycles. The van der Waals surface area contributed by atoms with Crippen molar-refractivity contribution in [2.75, 3.05) is 5.32 Å². The van der Waals surface area contributed by atoms with Gasteiger partial charge in [-0.2, -0.15) is 5.10 Å². The number of nitrogens with zero attached hydrogens (tertiary/aromatic N) is 2. The molecule has 28 heavy (non-hydrogen) atoms. The Labute approximate surface area is 165 Å². The van der Waals surface area contributed by atoms with Gasteiger partial charge in [0.25, 0.3) is 0 Å². The number of amides is 1. The summed E-state index contributed by atoms with van der Waals surface area (Å²) in [7, 11) is 0. The molecular weight excluding hydrogens is 368 g/mol. The molecule has 3 aromatic heterocycles. The molecular formula is C22H16N4OS. The van der Waals surface area contributed by atoms with Gasteiger partial charge in [0.15, 0.2) is 0 Å².